The Balaban J connectivity index is 1.30. The van der Waals surface area contributed by atoms with Gasteiger partial charge in [-0.15, -0.1) is 0 Å². The van der Waals surface area contributed by atoms with Crippen LogP contribution in [0.2, 0.25) is 5.02 Å². The molecule has 35 heavy (non-hydrogen) atoms. The van der Waals surface area contributed by atoms with Crippen molar-refractivity contribution in [2.45, 2.75) is 57.5 Å². The minimum Gasteiger partial charge on any atom is -0.371 e. The molecule has 0 aromatic heterocycles. The van der Waals surface area contributed by atoms with Crippen LogP contribution >= 0.6 is 11.6 Å². The second-order valence-electron chi connectivity index (χ2n) is 10.6. The van der Waals surface area contributed by atoms with Gasteiger partial charge in [0.25, 0.3) is 5.91 Å². The first kappa shape index (κ1) is 26.1. The Morgan fingerprint density at radius 1 is 0.971 bits per heavy atom. The number of halogens is 4. The van der Waals surface area contributed by atoms with E-state index in [9.17, 15) is 22.8 Å². The van der Waals surface area contributed by atoms with Crippen LogP contribution in [0, 0.1) is 17.3 Å². The summed E-state index contributed by atoms with van der Waals surface area (Å²) in [5.74, 6) is 0.134. The number of alkyl halides is 3. The zero-order chi connectivity index (χ0) is 25.4. The molecule has 0 spiro atoms. The van der Waals surface area contributed by atoms with Gasteiger partial charge in [0, 0.05) is 46.0 Å². The molecule has 1 aromatic carbocycles. The SMILES string of the molecule is CN(C)C(=O)c1ccc(N2CCC(C3CCN(C(=O)C4(C(F)(F)F)CCCC4)CC3)CC2)cc1Cl. The highest BCUT2D eigenvalue weighted by molar-refractivity contribution is 6.34. The van der Waals surface area contributed by atoms with Crippen LogP contribution < -0.4 is 4.90 Å². The number of anilines is 1. The topological polar surface area (TPSA) is 43.9 Å². The van der Waals surface area contributed by atoms with Gasteiger partial charge < -0.3 is 14.7 Å². The van der Waals surface area contributed by atoms with Crippen LogP contribution in [-0.4, -0.2) is 68.1 Å². The maximum atomic E-state index is 13.8. The molecular weight excluding hydrogens is 479 g/mol. The van der Waals surface area contributed by atoms with E-state index < -0.39 is 17.5 Å². The van der Waals surface area contributed by atoms with Gasteiger partial charge in [-0.1, -0.05) is 24.4 Å². The van der Waals surface area contributed by atoms with E-state index in [2.05, 4.69) is 4.90 Å². The number of piperidine rings is 2. The molecule has 9 heteroatoms. The number of hydrogen-bond donors (Lipinski definition) is 0. The fourth-order valence-corrected chi connectivity index (χ4v) is 6.47. The molecule has 0 N–H and O–H groups in total. The first-order valence-electron chi connectivity index (χ1n) is 12.7. The molecule has 2 aliphatic heterocycles. The average Bonchev–Trinajstić information content (AvgIpc) is 3.35. The van der Waals surface area contributed by atoms with E-state index in [4.69, 9.17) is 11.6 Å². The number of amides is 2. The zero-order valence-corrected chi connectivity index (χ0v) is 21.3. The predicted molar refractivity (Wildman–Crippen MR) is 131 cm³/mol. The van der Waals surface area contributed by atoms with E-state index in [1.54, 1.807) is 20.2 Å². The highest BCUT2D eigenvalue weighted by atomic mass is 35.5. The van der Waals surface area contributed by atoms with Crippen molar-refractivity contribution < 1.29 is 22.8 Å². The molecule has 4 rings (SSSR count). The van der Waals surface area contributed by atoms with Crippen LogP contribution in [0.1, 0.15) is 61.7 Å². The van der Waals surface area contributed by atoms with Crippen molar-refractivity contribution in [3.8, 4) is 0 Å². The van der Waals surface area contributed by atoms with Gasteiger partial charge in [0.1, 0.15) is 5.41 Å². The molecule has 0 radical (unpaired) electrons. The van der Waals surface area contributed by atoms with Gasteiger partial charge in [-0.25, -0.2) is 0 Å². The summed E-state index contributed by atoms with van der Waals surface area (Å²) in [6.45, 7) is 2.60. The standard InChI is InChI=1S/C26H35ClF3N3O2/c1-31(2)23(34)21-6-5-20(17-22(21)27)32-13-7-18(8-14-32)19-9-15-33(16-10-19)24(35)25(26(28,29)30)11-3-4-12-25/h5-6,17-19H,3-4,7-16H2,1-2H3. The van der Waals surface area contributed by atoms with Crippen molar-refractivity contribution in [2.24, 2.45) is 17.3 Å². The molecule has 194 valence electrons. The van der Waals surface area contributed by atoms with E-state index >= 15 is 0 Å². The molecule has 0 bridgehead atoms. The lowest BCUT2D eigenvalue weighted by Crippen LogP contribution is -2.53. The Morgan fingerprint density at radius 3 is 2.00 bits per heavy atom. The van der Waals surface area contributed by atoms with Crippen molar-refractivity contribution in [1.82, 2.24) is 9.80 Å². The Kier molecular flexibility index (Phi) is 7.60. The first-order chi connectivity index (χ1) is 16.5. The number of carbonyl (C=O) groups excluding carboxylic acids is 2. The molecule has 0 atom stereocenters. The molecule has 5 nitrogen and oxygen atoms in total. The second-order valence-corrected chi connectivity index (χ2v) is 11.0. The maximum Gasteiger partial charge on any atom is 0.403 e. The predicted octanol–water partition coefficient (Wildman–Crippen LogP) is 5.62. The number of carbonyl (C=O) groups is 2. The highest BCUT2D eigenvalue weighted by Crippen LogP contribution is 2.52. The monoisotopic (exact) mass is 513 g/mol. The Hall–Kier alpha value is -1.96. The third kappa shape index (κ3) is 5.13. The van der Waals surface area contributed by atoms with Gasteiger partial charge in [0.15, 0.2) is 0 Å². The van der Waals surface area contributed by atoms with Crippen molar-refractivity contribution in [3.63, 3.8) is 0 Å². The molecule has 3 aliphatic rings. The Labute approximate surface area is 210 Å². The molecule has 1 aromatic rings. The van der Waals surface area contributed by atoms with Gasteiger partial charge in [-0.05, 0) is 68.6 Å². The fraction of sp³-hybridized carbons (Fsp3) is 0.692. The lowest BCUT2D eigenvalue weighted by Gasteiger charge is -2.43. The lowest BCUT2D eigenvalue weighted by molar-refractivity contribution is -0.226. The summed E-state index contributed by atoms with van der Waals surface area (Å²) < 4.78 is 41.4. The number of likely N-dealkylation sites (tertiary alicyclic amines) is 1. The number of hydrogen-bond acceptors (Lipinski definition) is 3. The first-order valence-corrected chi connectivity index (χ1v) is 13.0. The van der Waals surface area contributed by atoms with E-state index in [-0.39, 0.29) is 18.7 Å². The average molecular weight is 514 g/mol. The summed E-state index contributed by atoms with van der Waals surface area (Å²) in [5, 5.41) is 0.444. The zero-order valence-electron chi connectivity index (χ0n) is 20.5. The maximum absolute atomic E-state index is 13.8. The Bertz CT molecular complexity index is 930. The highest BCUT2D eigenvalue weighted by Gasteiger charge is 2.62. The number of rotatable bonds is 4. The van der Waals surface area contributed by atoms with Crippen LogP contribution in [0.3, 0.4) is 0 Å². The summed E-state index contributed by atoms with van der Waals surface area (Å²) in [7, 11) is 3.39. The smallest absolute Gasteiger partial charge is 0.371 e. The molecule has 3 fully saturated rings. The van der Waals surface area contributed by atoms with Crippen LogP contribution in [0.4, 0.5) is 18.9 Å². The van der Waals surface area contributed by atoms with E-state index in [1.807, 2.05) is 12.1 Å². The number of benzene rings is 1. The third-order valence-electron chi connectivity index (χ3n) is 8.40. The fourth-order valence-electron chi connectivity index (χ4n) is 6.22. The minimum absolute atomic E-state index is 0.0674. The van der Waals surface area contributed by atoms with Crippen LogP contribution in [0.15, 0.2) is 18.2 Å². The molecule has 2 heterocycles. The van der Waals surface area contributed by atoms with Gasteiger partial charge in [-0.3, -0.25) is 9.59 Å². The van der Waals surface area contributed by atoms with Crippen molar-refractivity contribution in [3.05, 3.63) is 28.8 Å². The largest absolute Gasteiger partial charge is 0.403 e. The van der Waals surface area contributed by atoms with Gasteiger partial charge in [-0.2, -0.15) is 13.2 Å². The van der Waals surface area contributed by atoms with Crippen LogP contribution in [0.25, 0.3) is 0 Å². The number of nitrogens with zero attached hydrogens (tertiary/aromatic N) is 3. The normalized spacial score (nSPS) is 21.9. The molecule has 2 saturated heterocycles. The Morgan fingerprint density at radius 2 is 1.51 bits per heavy atom. The van der Waals surface area contributed by atoms with Crippen molar-refractivity contribution in [1.29, 1.82) is 0 Å². The van der Waals surface area contributed by atoms with Gasteiger partial charge in [0.05, 0.1) is 10.6 Å². The van der Waals surface area contributed by atoms with E-state index in [0.29, 0.717) is 48.4 Å². The van der Waals surface area contributed by atoms with Gasteiger partial charge >= 0.3 is 6.18 Å². The molecular formula is C26H35ClF3N3O2. The molecule has 0 unspecified atom stereocenters. The summed E-state index contributed by atoms with van der Waals surface area (Å²) in [4.78, 5) is 30.4. The van der Waals surface area contributed by atoms with Gasteiger partial charge in [0.2, 0.25) is 5.91 Å². The second kappa shape index (κ2) is 10.2. The lowest BCUT2D eigenvalue weighted by atomic mass is 9.77. The third-order valence-corrected chi connectivity index (χ3v) is 8.71. The van der Waals surface area contributed by atoms with E-state index in [1.165, 1.54) is 9.80 Å². The molecule has 2 amide bonds. The summed E-state index contributed by atoms with van der Waals surface area (Å²) in [6, 6.07) is 5.56. The summed E-state index contributed by atoms with van der Waals surface area (Å²) >= 11 is 6.39. The molecule has 1 aliphatic carbocycles. The summed E-state index contributed by atoms with van der Waals surface area (Å²) in [6.07, 6.45) is -0.104. The minimum atomic E-state index is -4.47. The quantitative estimate of drug-likeness (QED) is 0.525. The van der Waals surface area contributed by atoms with Crippen molar-refractivity contribution in [2.75, 3.05) is 45.2 Å². The van der Waals surface area contributed by atoms with Crippen LogP contribution in [0.5, 0.6) is 0 Å². The molecule has 1 saturated carbocycles. The van der Waals surface area contributed by atoms with E-state index in [0.717, 1.165) is 44.5 Å². The summed E-state index contributed by atoms with van der Waals surface area (Å²) in [5.41, 5.74) is -0.668. The van der Waals surface area contributed by atoms with Crippen molar-refractivity contribution >= 4 is 29.1 Å². The van der Waals surface area contributed by atoms with Crippen LogP contribution in [-0.2, 0) is 4.79 Å².